The fraction of sp³-hybridized carbons (Fsp3) is 0.385. The molecule has 1 rings (SSSR count). The minimum atomic E-state index is -0.947. The van der Waals surface area contributed by atoms with Crippen LogP contribution in [-0.4, -0.2) is 49.1 Å². The normalized spacial score (nSPS) is 10.1. The van der Waals surface area contributed by atoms with Gasteiger partial charge in [0.05, 0.1) is 0 Å². The van der Waals surface area contributed by atoms with Gasteiger partial charge in [-0.05, 0) is 18.2 Å². The van der Waals surface area contributed by atoms with Gasteiger partial charge in [0.15, 0.2) is 0 Å². The summed E-state index contributed by atoms with van der Waals surface area (Å²) in [5.41, 5.74) is 0.696. The highest BCUT2D eigenvalue weighted by Gasteiger charge is 2.13. The second kappa shape index (κ2) is 6.99. The number of carbonyl (C=O) groups is 2. The quantitative estimate of drug-likeness (QED) is 0.864. The molecule has 1 N–H and O–H groups in total. The second-order valence-electron chi connectivity index (χ2n) is 4.33. The maximum atomic E-state index is 11.6. The molecule has 0 aliphatic rings. The number of nitrogens with zero attached hydrogens (tertiary/aromatic N) is 2. The molecule has 1 amide bonds. The lowest BCUT2D eigenvalue weighted by Gasteiger charge is -2.23. The number of hydrogen-bond acceptors (Lipinski definition) is 3. The van der Waals surface area contributed by atoms with Gasteiger partial charge in [0.1, 0.15) is 6.54 Å². The van der Waals surface area contributed by atoms with Gasteiger partial charge in [-0.3, -0.25) is 9.59 Å². The largest absolute Gasteiger partial charge is 0.480 e. The number of halogens is 1. The van der Waals surface area contributed by atoms with E-state index in [-0.39, 0.29) is 18.9 Å². The first-order valence-corrected chi connectivity index (χ1v) is 6.20. The molecule has 0 saturated heterocycles. The Labute approximate surface area is 117 Å². The van der Waals surface area contributed by atoms with Gasteiger partial charge in [0.25, 0.3) is 0 Å². The van der Waals surface area contributed by atoms with Crippen LogP contribution in [0.2, 0.25) is 5.02 Å². The molecule has 1 aromatic carbocycles. The van der Waals surface area contributed by atoms with Crippen molar-refractivity contribution in [1.29, 1.82) is 0 Å². The Morgan fingerprint density at radius 1 is 1.32 bits per heavy atom. The zero-order valence-electron chi connectivity index (χ0n) is 11.0. The van der Waals surface area contributed by atoms with Crippen LogP contribution in [0.5, 0.6) is 0 Å². The second-order valence-corrected chi connectivity index (χ2v) is 4.77. The first-order valence-electron chi connectivity index (χ1n) is 5.82. The molecule has 0 spiro atoms. The maximum absolute atomic E-state index is 11.6. The summed E-state index contributed by atoms with van der Waals surface area (Å²) in [6, 6.07) is 6.93. The van der Waals surface area contributed by atoms with Crippen molar-refractivity contribution in [2.45, 2.75) is 6.42 Å². The summed E-state index contributed by atoms with van der Waals surface area (Å²) in [5.74, 6) is -0.991. The average molecular weight is 285 g/mol. The third-order valence-corrected chi connectivity index (χ3v) is 2.83. The zero-order valence-corrected chi connectivity index (χ0v) is 11.7. The first-order chi connectivity index (χ1) is 8.90. The maximum Gasteiger partial charge on any atom is 0.323 e. The molecule has 0 aliphatic heterocycles. The molecule has 0 saturated carbocycles. The van der Waals surface area contributed by atoms with Gasteiger partial charge in [-0.15, -0.1) is 0 Å². The molecule has 104 valence electrons. The Morgan fingerprint density at radius 2 is 2.00 bits per heavy atom. The van der Waals surface area contributed by atoms with Crippen molar-refractivity contribution in [3.63, 3.8) is 0 Å². The Morgan fingerprint density at radius 3 is 2.53 bits per heavy atom. The summed E-state index contributed by atoms with van der Waals surface area (Å²) in [6.45, 7) is 0.171. The fourth-order valence-corrected chi connectivity index (χ4v) is 1.77. The number of hydrogen-bond donors (Lipinski definition) is 1. The van der Waals surface area contributed by atoms with Crippen molar-refractivity contribution in [2.24, 2.45) is 0 Å². The summed E-state index contributed by atoms with van der Waals surface area (Å²) in [4.78, 5) is 25.5. The summed E-state index contributed by atoms with van der Waals surface area (Å²) < 4.78 is 0. The van der Waals surface area contributed by atoms with Crippen LogP contribution in [0.1, 0.15) is 6.42 Å². The molecule has 0 aromatic heterocycles. The van der Waals surface area contributed by atoms with Crippen LogP contribution < -0.4 is 4.90 Å². The summed E-state index contributed by atoms with van der Waals surface area (Å²) in [7, 11) is 3.34. The minimum Gasteiger partial charge on any atom is -0.480 e. The Balaban J connectivity index is 2.77. The average Bonchev–Trinajstić information content (AvgIpc) is 2.33. The monoisotopic (exact) mass is 284 g/mol. The highest BCUT2D eigenvalue weighted by Crippen LogP contribution is 2.19. The van der Waals surface area contributed by atoms with Crippen LogP contribution in [0.15, 0.2) is 24.3 Å². The number of rotatable bonds is 6. The third kappa shape index (κ3) is 5.18. The van der Waals surface area contributed by atoms with Gasteiger partial charge in [-0.1, -0.05) is 17.7 Å². The number of amides is 1. The number of carbonyl (C=O) groups excluding carboxylic acids is 1. The fourth-order valence-electron chi connectivity index (χ4n) is 1.59. The van der Waals surface area contributed by atoms with E-state index in [1.165, 1.54) is 4.90 Å². The lowest BCUT2D eigenvalue weighted by molar-refractivity contribution is -0.135. The number of aliphatic carboxylic acids is 1. The number of carboxylic acids is 1. The lowest BCUT2D eigenvalue weighted by atomic mass is 10.2. The Hall–Kier alpha value is -1.75. The summed E-state index contributed by atoms with van der Waals surface area (Å²) in [5, 5.41) is 9.45. The van der Waals surface area contributed by atoms with Crippen molar-refractivity contribution in [1.82, 2.24) is 4.90 Å². The van der Waals surface area contributed by atoms with Gasteiger partial charge < -0.3 is 14.9 Å². The number of benzene rings is 1. The van der Waals surface area contributed by atoms with Crippen LogP contribution in [0.4, 0.5) is 5.69 Å². The van der Waals surface area contributed by atoms with E-state index in [0.717, 1.165) is 0 Å². The topological polar surface area (TPSA) is 60.9 Å². The molecule has 1 aromatic rings. The van der Waals surface area contributed by atoms with Crippen LogP contribution in [-0.2, 0) is 9.59 Å². The first kappa shape index (κ1) is 15.3. The molecule has 0 radical (unpaired) electrons. The van der Waals surface area contributed by atoms with Gasteiger partial charge in [0, 0.05) is 37.8 Å². The molecule has 0 aliphatic carbocycles. The summed E-state index contributed by atoms with van der Waals surface area (Å²) >= 11 is 5.89. The zero-order chi connectivity index (χ0) is 14.4. The van der Waals surface area contributed by atoms with E-state index < -0.39 is 5.97 Å². The molecular weight excluding hydrogens is 268 g/mol. The molecule has 0 heterocycles. The molecule has 0 bridgehead atoms. The number of anilines is 1. The van der Waals surface area contributed by atoms with Gasteiger partial charge in [-0.25, -0.2) is 0 Å². The molecule has 0 atom stereocenters. The van der Waals surface area contributed by atoms with E-state index >= 15 is 0 Å². The minimum absolute atomic E-state index is 0.0441. The van der Waals surface area contributed by atoms with Crippen LogP contribution >= 0.6 is 11.6 Å². The van der Waals surface area contributed by atoms with E-state index in [0.29, 0.717) is 17.3 Å². The van der Waals surface area contributed by atoms with Crippen molar-refractivity contribution < 1.29 is 14.7 Å². The summed E-state index contributed by atoms with van der Waals surface area (Å²) in [6.07, 6.45) is 0.257. The third-order valence-electron chi connectivity index (χ3n) is 2.59. The lowest BCUT2D eigenvalue weighted by Crippen LogP contribution is -2.34. The molecule has 0 unspecified atom stereocenters. The Kier molecular flexibility index (Phi) is 5.63. The van der Waals surface area contributed by atoms with Gasteiger partial charge in [0.2, 0.25) is 5.91 Å². The highest BCUT2D eigenvalue weighted by atomic mass is 35.5. The van der Waals surface area contributed by atoms with E-state index in [2.05, 4.69) is 0 Å². The molecule has 5 nitrogen and oxygen atoms in total. The molecule has 6 heteroatoms. The molecular formula is C13H17ClN2O3. The predicted molar refractivity (Wildman–Crippen MR) is 74.6 cm³/mol. The highest BCUT2D eigenvalue weighted by molar-refractivity contribution is 6.30. The molecule has 19 heavy (non-hydrogen) atoms. The smallest absolute Gasteiger partial charge is 0.323 e. The standard InChI is InChI=1S/C13H17ClN2O3/c1-15(2)12(17)6-7-16(9-13(18)19)11-5-3-4-10(14)8-11/h3-5,8H,6-7,9H2,1-2H3,(H,18,19). The van der Waals surface area contributed by atoms with E-state index in [9.17, 15) is 9.59 Å². The van der Waals surface area contributed by atoms with Crippen LogP contribution in [0.25, 0.3) is 0 Å². The van der Waals surface area contributed by atoms with Crippen molar-refractivity contribution >= 4 is 29.2 Å². The van der Waals surface area contributed by atoms with E-state index in [1.807, 2.05) is 0 Å². The number of carboxylic acid groups (broad SMARTS) is 1. The predicted octanol–water partition coefficient (Wildman–Crippen LogP) is 1.71. The van der Waals surface area contributed by atoms with Crippen molar-refractivity contribution in [3.05, 3.63) is 29.3 Å². The van der Waals surface area contributed by atoms with Crippen molar-refractivity contribution in [3.8, 4) is 0 Å². The van der Waals surface area contributed by atoms with Gasteiger partial charge >= 0.3 is 5.97 Å². The van der Waals surface area contributed by atoms with E-state index in [1.54, 1.807) is 43.3 Å². The Bertz CT molecular complexity index is 463. The van der Waals surface area contributed by atoms with E-state index in [4.69, 9.17) is 16.7 Å². The van der Waals surface area contributed by atoms with Gasteiger partial charge in [-0.2, -0.15) is 0 Å². The van der Waals surface area contributed by atoms with Crippen LogP contribution in [0.3, 0.4) is 0 Å². The van der Waals surface area contributed by atoms with Crippen molar-refractivity contribution in [2.75, 3.05) is 32.1 Å². The molecule has 0 fully saturated rings. The van der Waals surface area contributed by atoms with Crippen LogP contribution in [0, 0.1) is 0 Å². The SMILES string of the molecule is CN(C)C(=O)CCN(CC(=O)O)c1cccc(Cl)c1.